The minimum atomic E-state index is -0.841. The van der Waals surface area contributed by atoms with Crippen molar-refractivity contribution in [1.82, 2.24) is 0 Å². The molecule has 0 aromatic heterocycles. The molecule has 0 fully saturated rings. The monoisotopic (exact) mass is 222 g/mol. The summed E-state index contributed by atoms with van der Waals surface area (Å²) in [6, 6.07) is 6.28. The third-order valence-electron chi connectivity index (χ3n) is 3.37. The zero-order valence-electron chi connectivity index (χ0n) is 9.45. The van der Waals surface area contributed by atoms with Gasteiger partial charge in [0.1, 0.15) is 6.26 Å². The Balaban J connectivity index is 2.49. The molecule has 1 aromatic rings. The molecule has 0 spiro atoms. The van der Waals surface area contributed by atoms with Crippen LogP contribution in [0.5, 0.6) is 0 Å². The lowest BCUT2D eigenvalue weighted by atomic mass is 9.81. The third-order valence-corrected chi connectivity index (χ3v) is 4.34. The van der Waals surface area contributed by atoms with E-state index in [0.29, 0.717) is 5.92 Å². The van der Waals surface area contributed by atoms with Crippen molar-refractivity contribution in [1.29, 1.82) is 0 Å². The topological polar surface area (TPSA) is 23.1 Å². The van der Waals surface area contributed by atoms with Gasteiger partial charge in [-0.1, -0.05) is 19.1 Å². The third kappa shape index (κ3) is 2.06. The maximum atomic E-state index is 11.7. The maximum Gasteiger partial charge on any atom is 0.156 e. The summed E-state index contributed by atoms with van der Waals surface area (Å²) in [5.41, 5.74) is 2.83. The Morgan fingerprint density at radius 1 is 1.47 bits per heavy atom. The number of rotatable bonds is 2. The van der Waals surface area contributed by atoms with Crippen LogP contribution in [0.3, 0.4) is 0 Å². The Hall–Kier alpha value is -0.470. The normalized spacial score (nSPS) is 22.2. The Bertz CT molecular complexity index is 346. The van der Waals surface area contributed by atoms with Gasteiger partial charge in [-0.25, -0.2) is 0 Å². The van der Waals surface area contributed by atoms with Gasteiger partial charge < -0.3 is 4.55 Å². The van der Waals surface area contributed by atoms with Crippen LogP contribution in [0.2, 0.25) is 0 Å². The van der Waals surface area contributed by atoms with Gasteiger partial charge in [0.05, 0.1) is 0 Å². The molecule has 0 amide bonds. The van der Waals surface area contributed by atoms with E-state index in [1.54, 1.807) is 6.26 Å². The summed E-state index contributed by atoms with van der Waals surface area (Å²) in [5.74, 6) is 0.633. The first-order valence-electron chi connectivity index (χ1n) is 5.69. The van der Waals surface area contributed by atoms with Gasteiger partial charge in [0, 0.05) is 5.56 Å². The van der Waals surface area contributed by atoms with Gasteiger partial charge in [-0.15, -0.1) is 0 Å². The fourth-order valence-corrected chi connectivity index (χ4v) is 3.49. The zero-order chi connectivity index (χ0) is 10.8. The molecule has 2 atom stereocenters. The molecule has 0 radical (unpaired) electrons. The molecule has 2 unspecified atom stereocenters. The molecular weight excluding hydrogens is 204 g/mol. The molecule has 2 rings (SSSR count). The van der Waals surface area contributed by atoms with Crippen molar-refractivity contribution in [3.05, 3.63) is 29.3 Å². The molecule has 0 heterocycles. The molecular formula is C13H18OS. The summed E-state index contributed by atoms with van der Waals surface area (Å²) < 4.78 is 11.7. The molecule has 2 heteroatoms. The highest BCUT2D eigenvalue weighted by atomic mass is 32.2. The highest BCUT2D eigenvalue weighted by Crippen LogP contribution is 2.37. The van der Waals surface area contributed by atoms with Gasteiger partial charge in [-0.05, 0) is 54.4 Å². The Morgan fingerprint density at radius 3 is 2.93 bits per heavy atom. The lowest BCUT2D eigenvalue weighted by Crippen LogP contribution is -2.14. The highest BCUT2D eigenvalue weighted by Gasteiger charge is 2.25. The average molecular weight is 222 g/mol. The van der Waals surface area contributed by atoms with E-state index in [9.17, 15) is 4.55 Å². The van der Waals surface area contributed by atoms with Gasteiger partial charge in [0.25, 0.3) is 0 Å². The second-order valence-corrected chi connectivity index (χ2v) is 5.63. The molecule has 1 nitrogen and oxygen atoms in total. The quantitative estimate of drug-likeness (QED) is 0.704. The summed E-state index contributed by atoms with van der Waals surface area (Å²) >= 11 is -0.841. The van der Waals surface area contributed by atoms with Crippen molar-refractivity contribution in [2.75, 3.05) is 6.26 Å². The minimum Gasteiger partial charge on any atom is -0.612 e. The van der Waals surface area contributed by atoms with E-state index in [0.717, 1.165) is 11.3 Å². The van der Waals surface area contributed by atoms with Gasteiger partial charge in [-0.3, -0.25) is 0 Å². The predicted molar refractivity (Wildman–Crippen MR) is 64.7 cm³/mol. The van der Waals surface area contributed by atoms with Crippen LogP contribution < -0.4 is 0 Å². The van der Waals surface area contributed by atoms with E-state index >= 15 is 0 Å². The molecule has 1 aromatic carbocycles. The Labute approximate surface area is 95.1 Å². The predicted octanol–water partition coefficient (Wildman–Crippen LogP) is 3.25. The lowest BCUT2D eigenvalue weighted by Gasteiger charge is -2.26. The number of aryl methyl sites for hydroxylation is 1. The van der Waals surface area contributed by atoms with Crippen molar-refractivity contribution in [3.8, 4) is 0 Å². The largest absolute Gasteiger partial charge is 0.612 e. The molecule has 0 aliphatic heterocycles. The van der Waals surface area contributed by atoms with Crippen LogP contribution in [0, 0.1) is 0 Å². The Morgan fingerprint density at radius 2 is 2.27 bits per heavy atom. The van der Waals surface area contributed by atoms with E-state index in [2.05, 4.69) is 13.0 Å². The van der Waals surface area contributed by atoms with Crippen LogP contribution in [0.15, 0.2) is 23.1 Å². The van der Waals surface area contributed by atoms with Gasteiger partial charge >= 0.3 is 0 Å². The Kier molecular flexibility index (Phi) is 3.37. The minimum absolute atomic E-state index is 0.633. The first-order chi connectivity index (χ1) is 7.24. The van der Waals surface area contributed by atoms with E-state index in [-0.39, 0.29) is 0 Å². The fourth-order valence-electron chi connectivity index (χ4n) is 2.61. The van der Waals surface area contributed by atoms with Gasteiger partial charge in [0.15, 0.2) is 4.90 Å². The molecule has 0 saturated carbocycles. The van der Waals surface area contributed by atoms with E-state index in [4.69, 9.17) is 0 Å². The van der Waals surface area contributed by atoms with Crippen LogP contribution in [0.25, 0.3) is 0 Å². The van der Waals surface area contributed by atoms with E-state index in [1.165, 1.54) is 30.4 Å². The summed E-state index contributed by atoms with van der Waals surface area (Å²) in [4.78, 5) is 1.07. The van der Waals surface area contributed by atoms with Crippen molar-refractivity contribution in [3.63, 3.8) is 0 Å². The van der Waals surface area contributed by atoms with Crippen molar-refractivity contribution >= 4 is 11.2 Å². The summed E-state index contributed by atoms with van der Waals surface area (Å²) in [6.45, 7) is 2.23. The average Bonchev–Trinajstić information content (AvgIpc) is 2.27. The molecule has 0 N–H and O–H groups in total. The van der Waals surface area contributed by atoms with Crippen molar-refractivity contribution < 1.29 is 4.55 Å². The van der Waals surface area contributed by atoms with Crippen molar-refractivity contribution in [2.45, 2.75) is 43.4 Å². The first-order valence-corrected chi connectivity index (χ1v) is 7.25. The van der Waals surface area contributed by atoms with E-state index < -0.39 is 11.2 Å². The molecule has 1 aliphatic carbocycles. The number of benzene rings is 1. The summed E-state index contributed by atoms with van der Waals surface area (Å²) in [5, 5.41) is 0. The zero-order valence-corrected chi connectivity index (χ0v) is 10.3. The molecule has 1 aliphatic rings. The second-order valence-electron chi connectivity index (χ2n) is 4.28. The standard InChI is InChI=1S/C13H18OS/c1-3-10-6-4-7-11-8-5-9-12(13(10)11)15(2)14/h5,8-10H,3-4,6-7H2,1-2H3. The highest BCUT2D eigenvalue weighted by molar-refractivity contribution is 7.90. The van der Waals surface area contributed by atoms with Crippen LogP contribution in [0.4, 0.5) is 0 Å². The second kappa shape index (κ2) is 4.58. The number of fused-ring (bicyclic) bond motifs is 1. The smallest absolute Gasteiger partial charge is 0.156 e. The van der Waals surface area contributed by atoms with Gasteiger partial charge in [0.2, 0.25) is 0 Å². The SMILES string of the molecule is CCC1CCCc2cccc([S+](C)[O-])c21. The van der Waals surface area contributed by atoms with Gasteiger partial charge in [-0.2, -0.15) is 0 Å². The molecule has 82 valence electrons. The van der Waals surface area contributed by atoms with Crippen molar-refractivity contribution in [2.24, 2.45) is 0 Å². The van der Waals surface area contributed by atoms with Crippen LogP contribution >= 0.6 is 0 Å². The molecule has 0 saturated heterocycles. The number of hydrogen-bond donors (Lipinski definition) is 0. The first kappa shape index (κ1) is 11.0. The lowest BCUT2D eigenvalue weighted by molar-refractivity contribution is 0.526. The number of hydrogen-bond acceptors (Lipinski definition) is 1. The molecule has 0 bridgehead atoms. The molecule has 15 heavy (non-hydrogen) atoms. The van der Waals surface area contributed by atoms with Crippen LogP contribution in [-0.4, -0.2) is 10.8 Å². The van der Waals surface area contributed by atoms with Crippen LogP contribution in [-0.2, 0) is 17.6 Å². The fraction of sp³-hybridized carbons (Fsp3) is 0.538. The van der Waals surface area contributed by atoms with E-state index in [1.807, 2.05) is 12.1 Å². The van der Waals surface area contributed by atoms with Crippen LogP contribution in [0.1, 0.15) is 43.2 Å². The maximum absolute atomic E-state index is 11.7. The summed E-state index contributed by atoms with van der Waals surface area (Å²) in [7, 11) is 0. The summed E-state index contributed by atoms with van der Waals surface area (Å²) in [6.07, 6.45) is 6.66.